The Morgan fingerprint density at radius 2 is 1.69 bits per heavy atom. The molecule has 0 amide bonds. The summed E-state index contributed by atoms with van der Waals surface area (Å²) in [6.45, 7) is 3.90. The molecule has 0 radical (unpaired) electrons. The zero-order valence-corrected chi connectivity index (χ0v) is 8.85. The third kappa shape index (κ3) is 11.9. The van der Waals surface area contributed by atoms with Gasteiger partial charge in [0.15, 0.2) is 0 Å². The van der Waals surface area contributed by atoms with E-state index in [2.05, 4.69) is 5.32 Å². The lowest BCUT2D eigenvalue weighted by Gasteiger charge is -2.03. The van der Waals surface area contributed by atoms with Crippen LogP contribution in [0.3, 0.4) is 0 Å². The van der Waals surface area contributed by atoms with Crippen LogP contribution in [0.15, 0.2) is 0 Å². The minimum absolute atomic E-state index is 0.835. The van der Waals surface area contributed by atoms with Crippen molar-refractivity contribution in [3.05, 3.63) is 0 Å². The molecular weight excluding hydrogens is 164 g/mol. The maximum atomic E-state index is 5.39. The summed E-state index contributed by atoms with van der Waals surface area (Å²) in [6.07, 6.45) is 6.13. The summed E-state index contributed by atoms with van der Waals surface area (Å²) in [5.41, 5.74) is 5.39. The van der Waals surface area contributed by atoms with Gasteiger partial charge in [0.2, 0.25) is 0 Å². The summed E-state index contributed by atoms with van der Waals surface area (Å²) in [5.74, 6) is 0. The van der Waals surface area contributed by atoms with Gasteiger partial charge in [-0.1, -0.05) is 12.8 Å². The van der Waals surface area contributed by atoms with Gasteiger partial charge in [-0.2, -0.15) is 0 Å². The molecule has 0 aliphatic rings. The first-order valence-electron chi connectivity index (χ1n) is 5.31. The van der Waals surface area contributed by atoms with E-state index in [4.69, 9.17) is 10.5 Å². The Kier molecular flexibility index (Phi) is 11.8. The van der Waals surface area contributed by atoms with Crippen LogP contribution in [-0.4, -0.2) is 33.4 Å². The molecule has 0 saturated heterocycles. The predicted molar refractivity (Wildman–Crippen MR) is 56.9 cm³/mol. The first-order chi connectivity index (χ1) is 6.41. The van der Waals surface area contributed by atoms with Gasteiger partial charge in [0, 0.05) is 13.7 Å². The topological polar surface area (TPSA) is 47.3 Å². The summed E-state index contributed by atoms with van der Waals surface area (Å²) in [4.78, 5) is 0. The van der Waals surface area contributed by atoms with Crippen molar-refractivity contribution < 1.29 is 4.74 Å². The minimum Gasteiger partial charge on any atom is -0.385 e. The van der Waals surface area contributed by atoms with Crippen molar-refractivity contribution in [3.8, 4) is 0 Å². The molecule has 0 aliphatic carbocycles. The molecule has 0 spiro atoms. The third-order valence-corrected chi connectivity index (χ3v) is 2.01. The summed E-state index contributed by atoms with van der Waals surface area (Å²) >= 11 is 0. The molecule has 0 atom stereocenters. The van der Waals surface area contributed by atoms with Gasteiger partial charge < -0.3 is 15.8 Å². The van der Waals surface area contributed by atoms with Crippen LogP contribution in [0, 0.1) is 0 Å². The molecule has 0 unspecified atom stereocenters. The molecule has 80 valence electrons. The second kappa shape index (κ2) is 11.9. The van der Waals surface area contributed by atoms with Crippen molar-refractivity contribution in [2.75, 3.05) is 33.4 Å². The molecule has 0 rings (SSSR count). The van der Waals surface area contributed by atoms with Crippen LogP contribution in [0.5, 0.6) is 0 Å². The normalized spacial score (nSPS) is 10.6. The van der Waals surface area contributed by atoms with E-state index in [1.54, 1.807) is 7.11 Å². The Labute approximate surface area is 82.0 Å². The summed E-state index contributed by atoms with van der Waals surface area (Å²) in [6, 6.07) is 0. The number of nitrogens with two attached hydrogens (primary N) is 1. The number of unbranched alkanes of at least 4 members (excludes halogenated alkanes) is 3. The summed E-state index contributed by atoms with van der Waals surface area (Å²) < 4.78 is 4.95. The number of hydrogen-bond acceptors (Lipinski definition) is 3. The Morgan fingerprint density at radius 3 is 2.38 bits per heavy atom. The number of nitrogens with one attached hydrogen (secondary N) is 1. The lowest BCUT2D eigenvalue weighted by Crippen LogP contribution is -2.17. The molecule has 0 aromatic rings. The van der Waals surface area contributed by atoms with E-state index in [9.17, 15) is 0 Å². The van der Waals surface area contributed by atoms with E-state index in [-0.39, 0.29) is 0 Å². The van der Waals surface area contributed by atoms with Crippen LogP contribution in [0.1, 0.15) is 32.1 Å². The van der Waals surface area contributed by atoms with Crippen molar-refractivity contribution in [2.45, 2.75) is 32.1 Å². The van der Waals surface area contributed by atoms with Crippen LogP contribution < -0.4 is 11.1 Å². The van der Waals surface area contributed by atoms with Gasteiger partial charge in [-0.15, -0.1) is 0 Å². The number of methoxy groups -OCH3 is 1. The molecular formula is C10H24N2O. The summed E-state index contributed by atoms with van der Waals surface area (Å²) in [7, 11) is 1.74. The zero-order chi connectivity index (χ0) is 9.78. The van der Waals surface area contributed by atoms with Crippen molar-refractivity contribution in [1.29, 1.82) is 0 Å². The van der Waals surface area contributed by atoms with Crippen LogP contribution in [-0.2, 0) is 4.74 Å². The molecule has 0 saturated carbocycles. The highest BCUT2D eigenvalue weighted by molar-refractivity contribution is 4.49. The first kappa shape index (κ1) is 12.9. The number of rotatable bonds is 10. The number of hydrogen-bond donors (Lipinski definition) is 2. The van der Waals surface area contributed by atoms with E-state index in [1.807, 2.05) is 0 Å². The van der Waals surface area contributed by atoms with Gasteiger partial charge in [0.25, 0.3) is 0 Å². The molecule has 0 bridgehead atoms. The average Bonchev–Trinajstić information content (AvgIpc) is 2.16. The fraction of sp³-hybridized carbons (Fsp3) is 1.00. The minimum atomic E-state index is 0.835. The lowest BCUT2D eigenvalue weighted by atomic mass is 10.2. The molecule has 0 fully saturated rings. The van der Waals surface area contributed by atoms with Gasteiger partial charge in [0.05, 0.1) is 0 Å². The Morgan fingerprint density at radius 1 is 1.00 bits per heavy atom. The Balaban J connectivity index is 2.76. The average molecular weight is 188 g/mol. The lowest BCUT2D eigenvalue weighted by molar-refractivity contribution is 0.194. The van der Waals surface area contributed by atoms with E-state index in [0.717, 1.165) is 32.7 Å². The molecule has 3 nitrogen and oxygen atoms in total. The molecule has 3 N–H and O–H groups in total. The number of ether oxygens (including phenoxy) is 1. The monoisotopic (exact) mass is 188 g/mol. The van der Waals surface area contributed by atoms with Gasteiger partial charge in [-0.3, -0.25) is 0 Å². The van der Waals surface area contributed by atoms with E-state index < -0.39 is 0 Å². The summed E-state index contributed by atoms with van der Waals surface area (Å²) in [5, 5.41) is 3.39. The van der Waals surface area contributed by atoms with E-state index >= 15 is 0 Å². The third-order valence-electron chi connectivity index (χ3n) is 2.01. The maximum Gasteiger partial charge on any atom is 0.0474 e. The molecule has 0 aromatic carbocycles. The molecule has 0 heterocycles. The fourth-order valence-corrected chi connectivity index (χ4v) is 1.21. The molecule has 0 aliphatic heterocycles. The van der Waals surface area contributed by atoms with Gasteiger partial charge >= 0.3 is 0 Å². The Bertz CT molecular complexity index is 79.0. The second-order valence-electron chi connectivity index (χ2n) is 3.30. The van der Waals surface area contributed by atoms with Crippen molar-refractivity contribution in [1.82, 2.24) is 5.32 Å². The molecule has 3 heteroatoms. The standard InChI is InChI=1S/C10H24N2O/c1-13-10-6-9-12-8-5-3-2-4-7-11/h12H,2-11H2,1H3. The van der Waals surface area contributed by atoms with Crippen LogP contribution in [0.25, 0.3) is 0 Å². The first-order valence-corrected chi connectivity index (χ1v) is 5.31. The van der Waals surface area contributed by atoms with Crippen molar-refractivity contribution in [2.24, 2.45) is 5.73 Å². The molecule has 0 aromatic heterocycles. The SMILES string of the molecule is COCCCNCCCCCCN. The van der Waals surface area contributed by atoms with Crippen LogP contribution in [0.4, 0.5) is 0 Å². The zero-order valence-electron chi connectivity index (χ0n) is 8.85. The van der Waals surface area contributed by atoms with E-state index in [1.165, 1.54) is 25.7 Å². The van der Waals surface area contributed by atoms with Crippen molar-refractivity contribution >= 4 is 0 Å². The maximum absolute atomic E-state index is 5.39. The van der Waals surface area contributed by atoms with Crippen LogP contribution in [0.2, 0.25) is 0 Å². The highest BCUT2D eigenvalue weighted by atomic mass is 16.5. The quantitative estimate of drug-likeness (QED) is 0.505. The molecule has 13 heavy (non-hydrogen) atoms. The fourth-order valence-electron chi connectivity index (χ4n) is 1.21. The van der Waals surface area contributed by atoms with Gasteiger partial charge in [-0.25, -0.2) is 0 Å². The van der Waals surface area contributed by atoms with E-state index in [0.29, 0.717) is 0 Å². The van der Waals surface area contributed by atoms with Crippen LogP contribution >= 0.6 is 0 Å². The highest BCUT2D eigenvalue weighted by Gasteiger charge is 1.89. The highest BCUT2D eigenvalue weighted by Crippen LogP contribution is 1.96. The predicted octanol–water partition coefficient (Wildman–Crippen LogP) is 1.13. The van der Waals surface area contributed by atoms with Gasteiger partial charge in [0.1, 0.15) is 0 Å². The van der Waals surface area contributed by atoms with Crippen molar-refractivity contribution in [3.63, 3.8) is 0 Å². The van der Waals surface area contributed by atoms with Gasteiger partial charge in [-0.05, 0) is 38.9 Å². The Hall–Kier alpha value is -0.120. The largest absolute Gasteiger partial charge is 0.385 e. The smallest absolute Gasteiger partial charge is 0.0474 e. The second-order valence-corrected chi connectivity index (χ2v) is 3.30.